The molecule has 0 aliphatic heterocycles. The number of carbonyl (C=O) groups excluding carboxylic acids is 1. The van der Waals surface area contributed by atoms with E-state index in [0.29, 0.717) is 29.4 Å². The molecule has 0 unspecified atom stereocenters. The molecule has 1 amide bonds. The first kappa shape index (κ1) is 19.2. The number of nitrogens with two attached hydrogens (primary N) is 1. The number of para-hydroxylation sites is 2. The number of aromatic amines is 1. The van der Waals surface area contributed by atoms with Crippen LogP contribution in [-0.2, 0) is 0 Å². The van der Waals surface area contributed by atoms with Gasteiger partial charge >= 0.3 is 5.69 Å². The number of nitrogens with zero attached hydrogens (tertiary/aromatic N) is 3. The van der Waals surface area contributed by atoms with Gasteiger partial charge in [0.25, 0.3) is 5.91 Å². The van der Waals surface area contributed by atoms with E-state index in [2.05, 4.69) is 15.0 Å². The van der Waals surface area contributed by atoms with Gasteiger partial charge in [0.05, 0.1) is 19.4 Å². The van der Waals surface area contributed by atoms with Crippen molar-refractivity contribution in [2.75, 3.05) is 13.7 Å². The van der Waals surface area contributed by atoms with Crippen LogP contribution < -0.4 is 20.9 Å². The summed E-state index contributed by atoms with van der Waals surface area (Å²) in [6, 6.07) is 14.1. The Morgan fingerprint density at radius 3 is 2.53 bits per heavy atom. The number of fused-ring (bicyclic) bond motifs is 1. The van der Waals surface area contributed by atoms with Crippen molar-refractivity contribution in [1.29, 1.82) is 0 Å². The molecule has 0 saturated heterocycles. The molecule has 2 aromatic heterocycles. The van der Waals surface area contributed by atoms with Gasteiger partial charge in [-0.15, -0.1) is 0 Å². The summed E-state index contributed by atoms with van der Waals surface area (Å²) in [5.74, 6) is 0.650. The Morgan fingerprint density at radius 1 is 1.13 bits per heavy atom. The maximum absolute atomic E-state index is 12.8. The summed E-state index contributed by atoms with van der Waals surface area (Å²) in [4.78, 5) is 36.3. The molecule has 0 saturated carbocycles. The fraction of sp³-hybridized carbons (Fsp3) is 0.143. The van der Waals surface area contributed by atoms with Crippen molar-refractivity contribution in [3.63, 3.8) is 0 Å². The maximum Gasteiger partial charge on any atom is 0.332 e. The number of nitrogens with one attached hydrogen (secondary N) is 1. The second-order valence-corrected chi connectivity index (χ2v) is 6.35. The molecule has 0 radical (unpaired) electrons. The van der Waals surface area contributed by atoms with E-state index < -0.39 is 11.6 Å². The van der Waals surface area contributed by atoms with Gasteiger partial charge < -0.3 is 20.2 Å². The Labute approximate surface area is 171 Å². The third-order valence-corrected chi connectivity index (χ3v) is 4.52. The highest BCUT2D eigenvalue weighted by atomic mass is 16.5. The van der Waals surface area contributed by atoms with Crippen molar-refractivity contribution >= 4 is 17.1 Å². The molecule has 2 aromatic carbocycles. The van der Waals surface area contributed by atoms with Gasteiger partial charge in [-0.25, -0.2) is 19.3 Å². The van der Waals surface area contributed by atoms with Crippen molar-refractivity contribution in [2.24, 2.45) is 5.73 Å². The SMILES string of the molecule is CCOc1ccc(-c2nc(C(N)=O)c3[nH]c(=O)n(-c4ccccc4OC)c3n2)cc1. The molecule has 30 heavy (non-hydrogen) atoms. The molecule has 0 fully saturated rings. The second kappa shape index (κ2) is 7.70. The first-order chi connectivity index (χ1) is 14.5. The van der Waals surface area contributed by atoms with E-state index in [9.17, 15) is 9.59 Å². The average Bonchev–Trinajstić information content (AvgIpc) is 3.09. The zero-order valence-electron chi connectivity index (χ0n) is 16.4. The van der Waals surface area contributed by atoms with E-state index in [1.165, 1.54) is 11.7 Å². The van der Waals surface area contributed by atoms with Crippen LogP contribution in [0.5, 0.6) is 11.5 Å². The molecule has 152 valence electrons. The number of imidazole rings is 1. The molecular formula is C21H19N5O4. The van der Waals surface area contributed by atoms with Crippen LogP contribution >= 0.6 is 0 Å². The minimum absolute atomic E-state index is 0.0744. The fourth-order valence-corrected chi connectivity index (χ4v) is 3.20. The minimum Gasteiger partial charge on any atom is -0.495 e. The summed E-state index contributed by atoms with van der Waals surface area (Å²) < 4.78 is 12.2. The molecule has 9 nitrogen and oxygen atoms in total. The van der Waals surface area contributed by atoms with Gasteiger partial charge in [-0.1, -0.05) is 12.1 Å². The Hall–Kier alpha value is -4.14. The lowest BCUT2D eigenvalue weighted by molar-refractivity contribution is 0.0997. The minimum atomic E-state index is -0.775. The Balaban J connectivity index is 1.98. The lowest BCUT2D eigenvalue weighted by atomic mass is 10.2. The number of rotatable bonds is 6. The summed E-state index contributed by atoms with van der Waals surface area (Å²) in [7, 11) is 1.51. The van der Waals surface area contributed by atoms with Gasteiger partial charge in [0.15, 0.2) is 17.2 Å². The number of aromatic nitrogens is 4. The van der Waals surface area contributed by atoms with E-state index >= 15 is 0 Å². The molecular weight excluding hydrogens is 386 g/mol. The molecule has 0 aliphatic carbocycles. The lowest BCUT2D eigenvalue weighted by Crippen LogP contribution is -2.16. The third-order valence-electron chi connectivity index (χ3n) is 4.52. The number of amides is 1. The van der Waals surface area contributed by atoms with Crippen LogP contribution in [0.15, 0.2) is 53.3 Å². The number of H-pyrrole nitrogens is 1. The fourth-order valence-electron chi connectivity index (χ4n) is 3.20. The number of hydrogen-bond donors (Lipinski definition) is 2. The zero-order valence-corrected chi connectivity index (χ0v) is 16.4. The highest BCUT2D eigenvalue weighted by Gasteiger charge is 2.21. The van der Waals surface area contributed by atoms with Crippen molar-refractivity contribution in [1.82, 2.24) is 19.5 Å². The van der Waals surface area contributed by atoms with Gasteiger partial charge in [0, 0.05) is 5.56 Å². The average molecular weight is 405 g/mol. The van der Waals surface area contributed by atoms with E-state index in [1.807, 2.05) is 6.92 Å². The van der Waals surface area contributed by atoms with Crippen LogP contribution in [0.4, 0.5) is 0 Å². The molecule has 4 aromatic rings. The Morgan fingerprint density at radius 2 is 1.87 bits per heavy atom. The molecule has 0 spiro atoms. The number of methoxy groups -OCH3 is 1. The maximum atomic E-state index is 12.8. The van der Waals surface area contributed by atoms with Crippen LogP contribution in [0, 0.1) is 0 Å². The third kappa shape index (κ3) is 3.26. The quantitative estimate of drug-likeness (QED) is 0.507. The Kier molecular flexibility index (Phi) is 4.93. The van der Waals surface area contributed by atoms with Crippen LogP contribution in [-0.4, -0.2) is 39.1 Å². The summed E-state index contributed by atoms with van der Waals surface area (Å²) in [6.07, 6.45) is 0. The molecule has 0 bridgehead atoms. The highest BCUT2D eigenvalue weighted by Crippen LogP contribution is 2.27. The topological polar surface area (TPSA) is 125 Å². The van der Waals surface area contributed by atoms with Crippen LogP contribution in [0.3, 0.4) is 0 Å². The van der Waals surface area contributed by atoms with Crippen LogP contribution in [0.1, 0.15) is 17.4 Å². The van der Waals surface area contributed by atoms with Crippen molar-refractivity contribution in [2.45, 2.75) is 6.92 Å². The first-order valence-electron chi connectivity index (χ1n) is 9.22. The van der Waals surface area contributed by atoms with E-state index in [-0.39, 0.29) is 22.7 Å². The first-order valence-corrected chi connectivity index (χ1v) is 9.22. The Bertz CT molecular complexity index is 1290. The van der Waals surface area contributed by atoms with Gasteiger partial charge in [0.1, 0.15) is 17.0 Å². The van der Waals surface area contributed by atoms with Gasteiger partial charge in [-0.05, 0) is 43.3 Å². The van der Waals surface area contributed by atoms with Crippen molar-refractivity contribution < 1.29 is 14.3 Å². The molecule has 9 heteroatoms. The standard InChI is InChI=1S/C21H19N5O4/c1-3-30-13-10-8-12(9-11-13)19-23-16(18(22)27)17-20(25-19)26(21(28)24-17)14-6-4-5-7-15(14)29-2/h4-11H,3H2,1-2H3,(H2,22,27)(H,24,28). The molecule has 2 heterocycles. The monoisotopic (exact) mass is 405 g/mol. The van der Waals surface area contributed by atoms with E-state index in [0.717, 1.165) is 0 Å². The molecule has 0 atom stereocenters. The summed E-state index contributed by atoms with van der Waals surface area (Å²) in [6.45, 7) is 2.44. The van der Waals surface area contributed by atoms with Gasteiger partial charge in [-0.2, -0.15) is 0 Å². The lowest BCUT2D eigenvalue weighted by Gasteiger charge is -2.10. The summed E-state index contributed by atoms with van der Waals surface area (Å²) >= 11 is 0. The van der Waals surface area contributed by atoms with Crippen LogP contribution in [0.2, 0.25) is 0 Å². The smallest absolute Gasteiger partial charge is 0.332 e. The normalized spacial score (nSPS) is 10.9. The summed E-state index contributed by atoms with van der Waals surface area (Å²) in [5, 5.41) is 0. The van der Waals surface area contributed by atoms with E-state index in [4.69, 9.17) is 15.2 Å². The van der Waals surface area contributed by atoms with Crippen molar-refractivity contribution in [3.05, 3.63) is 64.7 Å². The summed E-state index contributed by atoms with van der Waals surface area (Å²) in [5.41, 5.74) is 6.47. The molecule has 4 rings (SSSR count). The predicted molar refractivity (Wildman–Crippen MR) is 111 cm³/mol. The zero-order chi connectivity index (χ0) is 21.3. The van der Waals surface area contributed by atoms with Crippen LogP contribution in [0.25, 0.3) is 28.2 Å². The van der Waals surface area contributed by atoms with Gasteiger partial charge in [-0.3, -0.25) is 4.79 Å². The largest absolute Gasteiger partial charge is 0.495 e. The number of primary amides is 1. The second-order valence-electron chi connectivity index (χ2n) is 6.35. The van der Waals surface area contributed by atoms with Crippen molar-refractivity contribution in [3.8, 4) is 28.6 Å². The number of carbonyl (C=O) groups is 1. The molecule has 3 N–H and O–H groups in total. The number of hydrogen-bond acceptors (Lipinski definition) is 6. The highest BCUT2D eigenvalue weighted by molar-refractivity contribution is 6.02. The predicted octanol–water partition coefficient (Wildman–Crippen LogP) is 2.28. The van der Waals surface area contributed by atoms with Gasteiger partial charge in [0.2, 0.25) is 0 Å². The number of benzene rings is 2. The van der Waals surface area contributed by atoms with E-state index in [1.54, 1.807) is 48.5 Å². The number of ether oxygens (including phenoxy) is 2. The molecule has 0 aliphatic rings.